The highest BCUT2D eigenvalue weighted by Crippen LogP contribution is 2.29. The lowest BCUT2D eigenvalue weighted by molar-refractivity contribution is -0.132. The van der Waals surface area contributed by atoms with Gasteiger partial charge in [0.05, 0.1) is 0 Å². The molecule has 3 nitrogen and oxygen atoms in total. The van der Waals surface area contributed by atoms with Gasteiger partial charge < -0.3 is 10.6 Å². The van der Waals surface area contributed by atoms with Crippen LogP contribution in [0, 0.1) is 6.92 Å². The number of benzene rings is 1. The lowest BCUT2D eigenvalue weighted by atomic mass is 9.99. The summed E-state index contributed by atoms with van der Waals surface area (Å²) in [6.07, 6.45) is 3.57. The molecule has 0 aromatic heterocycles. The number of rotatable bonds is 6. The van der Waals surface area contributed by atoms with E-state index >= 15 is 0 Å². The Morgan fingerprint density at radius 2 is 1.90 bits per heavy atom. The molecule has 1 aliphatic rings. The first-order valence-electron chi connectivity index (χ1n) is 7.49. The van der Waals surface area contributed by atoms with Crippen LogP contribution in [0.4, 0.5) is 0 Å². The first-order chi connectivity index (χ1) is 9.35. The minimum absolute atomic E-state index is 0.242. The standard InChI is InChI=1S/C17H26N2O/c1-13-4-6-14(7-5-13)12-19(15-8-9-15)16(20)10-11-17(2,3)18/h4-7,15H,8-12,18H2,1-3H3. The summed E-state index contributed by atoms with van der Waals surface area (Å²) in [6, 6.07) is 8.89. The average molecular weight is 274 g/mol. The van der Waals surface area contributed by atoms with Crippen LogP contribution in [-0.4, -0.2) is 22.4 Å². The van der Waals surface area contributed by atoms with Crippen molar-refractivity contribution >= 4 is 5.91 Å². The highest BCUT2D eigenvalue weighted by Gasteiger charge is 2.32. The van der Waals surface area contributed by atoms with Crippen molar-refractivity contribution in [3.63, 3.8) is 0 Å². The molecule has 3 heteroatoms. The quantitative estimate of drug-likeness (QED) is 0.866. The number of aryl methyl sites for hydroxylation is 1. The van der Waals surface area contributed by atoms with E-state index < -0.39 is 0 Å². The van der Waals surface area contributed by atoms with E-state index in [1.54, 1.807) is 0 Å². The Balaban J connectivity index is 1.96. The molecule has 1 aromatic carbocycles. The van der Waals surface area contributed by atoms with Gasteiger partial charge in [-0.25, -0.2) is 0 Å². The predicted octanol–water partition coefficient (Wildman–Crippen LogP) is 3.00. The van der Waals surface area contributed by atoms with Crippen LogP contribution < -0.4 is 5.73 Å². The van der Waals surface area contributed by atoms with Crippen LogP contribution in [0.15, 0.2) is 24.3 Å². The molecule has 0 saturated heterocycles. The van der Waals surface area contributed by atoms with Crippen molar-refractivity contribution in [3.05, 3.63) is 35.4 Å². The Hall–Kier alpha value is -1.35. The van der Waals surface area contributed by atoms with Crippen LogP contribution in [0.3, 0.4) is 0 Å². The highest BCUT2D eigenvalue weighted by atomic mass is 16.2. The Kier molecular flexibility index (Phi) is 4.48. The van der Waals surface area contributed by atoms with Gasteiger partial charge in [-0.15, -0.1) is 0 Å². The van der Waals surface area contributed by atoms with Gasteiger partial charge in [0.25, 0.3) is 0 Å². The zero-order valence-electron chi connectivity index (χ0n) is 12.9. The molecule has 0 aliphatic heterocycles. The van der Waals surface area contributed by atoms with Crippen LogP contribution >= 0.6 is 0 Å². The van der Waals surface area contributed by atoms with E-state index in [1.165, 1.54) is 11.1 Å². The Morgan fingerprint density at radius 3 is 2.40 bits per heavy atom. The van der Waals surface area contributed by atoms with Crippen LogP contribution in [0.25, 0.3) is 0 Å². The van der Waals surface area contributed by atoms with Gasteiger partial charge in [-0.2, -0.15) is 0 Å². The van der Waals surface area contributed by atoms with Gasteiger partial charge in [-0.1, -0.05) is 29.8 Å². The molecule has 110 valence electrons. The number of hydrogen-bond donors (Lipinski definition) is 1. The fraction of sp³-hybridized carbons (Fsp3) is 0.588. The molecule has 0 spiro atoms. The van der Waals surface area contributed by atoms with Crippen molar-refractivity contribution in [1.29, 1.82) is 0 Å². The summed E-state index contributed by atoms with van der Waals surface area (Å²) < 4.78 is 0. The third kappa shape index (κ3) is 4.64. The Bertz CT molecular complexity index is 455. The maximum absolute atomic E-state index is 12.4. The monoisotopic (exact) mass is 274 g/mol. The molecule has 0 unspecified atom stereocenters. The van der Waals surface area contributed by atoms with Gasteiger partial charge in [0, 0.05) is 24.5 Å². The number of amides is 1. The lowest BCUT2D eigenvalue weighted by Gasteiger charge is -2.25. The molecule has 1 aliphatic carbocycles. The Morgan fingerprint density at radius 1 is 1.30 bits per heavy atom. The summed E-state index contributed by atoms with van der Waals surface area (Å²) in [6.45, 7) is 6.76. The predicted molar refractivity (Wildman–Crippen MR) is 82.3 cm³/mol. The van der Waals surface area contributed by atoms with Gasteiger partial charge in [-0.3, -0.25) is 4.79 Å². The molecular weight excluding hydrogens is 248 g/mol. The summed E-state index contributed by atoms with van der Waals surface area (Å²) in [4.78, 5) is 14.5. The number of nitrogens with two attached hydrogens (primary N) is 1. The van der Waals surface area contributed by atoms with E-state index in [4.69, 9.17) is 5.73 Å². The first-order valence-corrected chi connectivity index (χ1v) is 7.49. The van der Waals surface area contributed by atoms with Gasteiger partial charge in [-0.05, 0) is 45.6 Å². The summed E-state index contributed by atoms with van der Waals surface area (Å²) in [5.74, 6) is 0.242. The van der Waals surface area contributed by atoms with Crippen LogP contribution in [0.2, 0.25) is 0 Å². The molecule has 20 heavy (non-hydrogen) atoms. The summed E-state index contributed by atoms with van der Waals surface area (Å²) >= 11 is 0. The van der Waals surface area contributed by atoms with E-state index in [0.29, 0.717) is 12.5 Å². The molecule has 1 saturated carbocycles. The van der Waals surface area contributed by atoms with Crippen LogP contribution in [0.5, 0.6) is 0 Å². The van der Waals surface area contributed by atoms with Gasteiger partial charge in [0.1, 0.15) is 0 Å². The normalized spacial score (nSPS) is 15.2. The molecule has 1 fully saturated rings. The fourth-order valence-electron chi connectivity index (χ4n) is 2.27. The average Bonchev–Trinajstić information content (AvgIpc) is 3.18. The molecule has 1 amide bonds. The zero-order chi connectivity index (χ0) is 14.8. The van der Waals surface area contributed by atoms with E-state index in [2.05, 4.69) is 31.2 Å². The Labute approximate surface area is 122 Å². The van der Waals surface area contributed by atoms with E-state index in [9.17, 15) is 4.79 Å². The smallest absolute Gasteiger partial charge is 0.223 e. The highest BCUT2D eigenvalue weighted by molar-refractivity contribution is 5.77. The second kappa shape index (κ2) is 5.96. The SMILES string of the molecule is Cc1ccc(CN(C(=O)CCC(C)(C)N)C2CC2)cc1. The van der Waals surface area contributed by atoms with Gasteiger partial charge in [0.2, 0.25) is 5.91 Å². The molecule has 2 rings (SSSR count). The lowest BCUT2D eigenvalue weighted by Crippen LogP contribution is -2.37. The van der Waals surface area contributed by atoms with Crippen LogP contribution in [-0.2, 0) is 11.3 Å². The molecular formula is C17H26N2O. The van der Waals surface area contributed by atoms with Crippen molar-refractivity contribution < 1.29 is 4.79 Å². The number of carbonyl (C=O) groups excluding carboxylic acids is 1. The zero-order valence-corrected chi connectivity index (χ0v) is 12.9. The van der Waals surface area contributed by atoms with Crippen molar-refractivity contribution in [3.8, 4) is 0 Å². The third-order valence-corrected chi connectivity index (χ3v) is 3.76. The number of carbonyl (C=O) groups is 1. The fourth-order valence-corrected chi connectivity index (χ4v) is 2.27. The molecule has 0 bridgehead atoms. The first kappa shape index (κ1) is 15.0. The van der Waals surface area contributed by atoms with Crippen molar-refractivity contribution in [2.24, 2.45) is 5.73 Å². The van der Waals surface area contributed by atoms with Crippen molar-refractivity contribution in [2.75, 3.05) is 0 Å². The number of nitrogens with zero attached hydrogens (tertiary/aromatic N) is 1. The second-order valence-corrected chi connectivity index (χ2v) is 6.73. The maximum atomic E-state index is 12.4. The molecule has 2 N–H and O–H groups in total. The minimum atomic E-state index is -0.269. The van der Waals surface area contributed by atoms with Crippen molar-refractivity contribution in [2.45, 2.75) is 64.6 Å². The maximum Gasteiger partial charge on any atom is 0.223 e. The third-order valence-electron chi connectivity index (χ3n) is 3.76. The topological polar surface area (TPSA) is 46.3 Å². The summed E-state index contributed by atoms with van der Waals surface area (Å²) in [5, 5.41) is 0. The summed E-state index contributed by atoms with van der Waals surface area (Å²) in [5.41, 5.74) is 8.17. The minimum Gasteiger partial charge on any atom is -0.335 e. The molecule has 1 aromatic rings. The van der Waals surface area contributed by atoms with Crippen LogP contribution in [0.1, 0.15) is 50.7 Å². The molecule has 0 heterocycles. The summed E-state index contributed by atoms with van der Waals surface area (Å²) in [7, 11) is 0. The van der Waals surface area contributed by atoms with Gasteiger partial charge in [0.15, 0.2) is 0 Å². The molecule has 0 radical (unpaired) electrons. The van der Waals surface area contributed by atoms with Crippen molar-refractivity contribution in [1.82, 2.24) is 4.90 Å². The van der Waals surface area contributed by atoms with E-state index in [0.717, 1.165) is 25.8 Å². The number of hydrogen-bond acceptors (Lipinski definition) is 2. The van der Waals surface area contributed by atoms with E-state index in [-0.39, 0.29) is 11.4 Å². The van der Waals surface area contributed by atoms with Gasteiger partial charge >= 0.3 is 0 Å². The molecule has 0 atom stereocenters. The second-order valence-electron chi connectivity index (χ2n) is 6.73. The van der Waals surface area contributed by atoms with E-state index in [1.807, 2.05) is 18.7 Å². The largest absolute Gasteiger partial charge is 0.335 e.